The quantitative estimate of drug-likeness (QED) is 0.683. The van der Waals surface area contributed by atoms with Crippen LogP contribution in [0.2, 0.25) is 0 Å². The molecule has 1 heterocycles. The number of benzene rings is 1. The van der Waals surface area contributed by atoms with Crippen molar-refractivity contribution < 1.29 is 9.59 Å². The van der Waals surface area contributed by atoms with Crippen molar-refractivity contribution in [3.05, 3.63) is 35.4 Å². The van der Waals surface area contributed by atoms with E-state index in [9.17, 15) is 9.59 Å². The van der Waals surface area contributed by atoms with Gasteiger partial charge in [-0.3, -0.25) is 14.5 Å². The predicted octanol–water partition coefficient (Wildman–Crippen LogP) is 0.731. The summed E-state index contributed by atoms with van der Waals surface area (Å²) in [5, 5.41) is 0. The molecule has 1 saturated carbocycles. The lowest BCUT2D eigenvalue weighted by atomic mass is 10.1. The smallest absolute Gasteiger partial charge is 0.263 e. The Kier molecular flexibility index (Phi) is 1.41. The molecule has 1 aliphatic carbocycles. The van der Waals surface area contributed by atoms with Crippen molar-refractivity contribution in [1.82, 2.24) is 4.90 Å². The summed E-state index contributed by atoms with van der Waals surface area (Å²) in [7, 11) is 0. The van der Waals surface area contributed by atoms with Crippen molar-refractivity contribution in [2.75, 3.05) is 0 Å². The van der Waals surface area contributed by atoms with Gasteiger partial charge < -0.3 is 5.73 Å². The van der Waals surface area contributed by atoms with Crippen LogP contribution in [0.3, 0.4) is 0 Å². The summed E-state index contributed by atoms with van der Waals surface area (Å²) in [6.07, 6.45) is 1.41. The van der Waals surface area contributed by atoms with Crippen molar-refractivity contribution in [3.63, 3.8) is 0 Å². The van der Waals surface area contributed by atoms with Crippen molar-refractivity contribution in [2.24, 2.45) is 5.73 Å². The molecule has 0 unspecified atom stereocenters. The van der Waals surface area contributed by atoms with Gasteiger partial charge in [0.2, 0.25) is 0 Å². The highest BCUT2D eigenvalue weighted by atomic mass is 16.2. The molecule has 0 saturated heterocycles. The van der Waals surface area contributed by atoms with Gasteiger partial charge in [-0.25, -0.2) is 0 Å². The molecule has 2 aliphatic rings. The maximum absolute atomic E-state index is 11.9. The van der Waals surface area contributed by atoms with Crippen molar-refractivity contribution in [3.8, 4) is 0 Å². The number of rotatable bonds is 1. The standard InChI is InChI=1S/C11H10N2O2/c12-11(5-6-11)13-9(14)7-3-1-2-4-8(7)10(13)15/h1-4H,5-6,12H2. The SMILES string of the molecule is NC1(N2C(=O)c3ccccc3C2=O)CC1. The first-order valence-electron chi connectivity index (χ1n) is 4.90. The molecule has 4 heteroatoms. The Morgan fingerprint density at radius 1 is 1.07 bits per heavy atom. The first-order chi connectivity index (χ1) is 7.13. The fourth-order valence-electron chi connectivity index (χ4n) is 1.95. The molecule has 1 fully saturated rings. The van der Waals surface area contributed by atoms with E-state index in [2.05, 4.69) is 0 Å². The summed E-state index contributed by atoms with van der Waals surface area (Å²) in [5.74, 6) is -0.508. The second-order valence-electron chi connectivity index (χ2n) is 4.09. The summed E-state index contributed by atoms with van der Waals surface area (Å²) in [5.41, 5.74) is 6.12. The highest BCUT2D eigenvalue weighted by molar-refractivity contribution is 6.22. The first kappa shape index (κ1) is 8.61. The number of imide groups is 1. The van der Waals surface area contributed by atoms with E-state index in [1.54, 1.807) is 24.3 Å². The van der Waals surface area contributed by atoms with Gasteiger partial charge in [0, 0.05) is 0 Å². The third kappa shape index (κ3) is 0.995. The fourth-order valence-corrected chi connectivity index (χ4v) is 1.95. The summed E-state index contributed by atoms with van der Waals surface area (Å²) in [4.78, 5) is 25.0. The minimum Gasteiger partial charge on any atom is -0.308 e. The van der Waals surface area contributed by atoms with Gasteiger partial charge >= 0.3 is 0 Å². The number of nitrogens with two attached hydrogens (primary N) is 1. The minimum atomic E-state index is -0.715. The van der Waals surface area contributed by atoms with Crippen LogP contribution < -0.4 is 5.73 Å². The highest BCUT2D eigenvalue weighted by Crippen LogP contribution is 2.40. The molecule has 3 rings (SSSR count). The van der Waals surface area contributed by atoms with Gasteiger partial charge in [0.05, 0.1) is 16.8 Å². The van der Waals surface area contributed by atoms with Crippen LogP contribution in [0.25, 0.3) is 0 Å². The number of fused-ring (bicyclic) bond motifs is 1. The second kappa shape index (κ2) is 2.46. The molecule has 4 nitrogen and oxygen atoms in total. The van der Waals surface area contributed by atoms with Crippen molar-refractivity contribution >= 4 is 11.8 Å². The fraction of sp³-hybridized carbons (Fsp3) is 0.273. The zero-order chi connectivity index (χ0) is 10.6. The summed E-state index contributed by atoms with van der Waals surface area (Å²) < 4.78 is 0. The van der Waals surface area contributed by atoms with E-state index in [4.69, 9.17) is 5.73 Å². The molecule has 0 radical (unpaired) electrons. The molecule has 2 amide bonds. The minimum absolute atomic E-state index is 0.254. The van der Waals surface area contributed by atoms with E-state index in [0.717, 1.165) is 0 Å². The normalized spacial score (nSPS) is 21.8. The molecule has 1 aliphatic heterocycles. The van der Waals surface area contributed by atoms with Crippen molar-refractivity contribution in [2.45, 2.75) is 18.5 Å². The molecular weight excluding hydrogens is 192 g/mol. The lowest BCUT2D eigenvalue weighted by Gasteiger charge is -2.21. The van der Waals surface area contributed by atoms with Crippen LogP contribution >= 0.6 is 0 Å². The molecule has 0 aromatic heterocycles. The Morgan fingerprint density at radius 2 is 1.53 bits per heavy atom. The Bertz CT molecular complexity index is 442. The van der Waals surface area contributed by atoms with E-state index in [1.165, 1.54) is 4.90 Å². The van der Waals surface area contributed by atoms with E-state index in [0.29, 0.717) is 24.0 Å². The highest BCUT2D eigenvalue weighted by Gasteiger charge is 2.53. The predicted molar refractivity (Wildman–Crippen MR) is 53.1 cm³/mol. The third-order valence-electron chi connectivity index (χ3n) is 3.00. The monoisotopic (exact) mass is 202 g/mol. The van der Waals surface area contributed by atoms with Gasteiger partial charge in [0.15, 0.2) is 0 Å². The zero-order valence-electron chi connectivity index (χ0n) is 8.06. The molecule has 0 bridgehead atoms. The van der Waals surface area contributed by atoms with Crippen LogP contribution in [0.1, 0.15) is 33.6 Å². The van der Waals surface area contributed by atoms with E-state index in [-0.39, 0.29) is 11.8 Å². The van der Waals surface area contributed by atoms with Crippen LogP contribution in [-0.2, 0) is 0 Å². The Morgan fingerprint density at radius 3 is 1.93 bits per heavy atom. The first-order valence-corrected chi connectivity index (χ1v) is 4.90. The second-order valence-corrected chi connectivity index (χ2v) is 4.09. The molecule has 1 aromatic carbocycles. The van der Waals surface area contributed by atoms with Crippen LogP contribution in [0.15, 0.2) is 24.3 Å². The van der Waals surface area contributed by atoms with Crippen LogP contribution in [0.5, 0.6) is 0 Å². The van der Waals surface area contributed by atoms with Gasteiger partial charge in [-0.15, -0.1) is 0 Å². The molecule has 0 atom stereocenters. The lowest BCUT2D eigenvalue weighted by molar-refractivity contribution is 0.0565. The zero-order valence-corrected chi connectivity index (χ0v) is 8.06. The summed E-state index contributed by atoms with van der Waals surface area (Å²) >= 11 is 0. The molecule has 76 valence electrons. The lowest BCUT2D eigenvalue weighted by Crippen LogP contribution is -2.47. The average molecular weight is 202 g/mol. The number of nitrogens with zero attached hydrogens (tertiary/aromatic N) is 1. The summed E-state index contributed by atoms with van der Waals surface area (Å²) in [6.45, 7) is 0. The van der Waals surface area contributed by atoms with Gasteiger partial charge in [0.1, 0.15) is 0 Å². The molecule has 2 N–H and O–H groups in total. The van der Waals surface area contributed by atoms with Crippen LogP contribution in [-0.4, -0.2) is 22.4 Å². The largest absolute Gasteiger partial charge is 0.308 e. The molecule has 15 heavy (non-hydrogen) atoms. The van der Waals surface area contributed by atoms with Gasteiger partial charge in [0.25, 0.3) is 11.8 Å². The number of hydrogen-bond donors (Lipinski definition) is 1. The average Bonchev–Trinajstić information content (AvgIpc) is 2.91. The van der Waals surface area contributed by atoms with Crippen LogP contribution in [0.4, 0.5) is 0 Å². The Labute approximate surface area is 86.7 Å². The molecule has 1 aromatic rings. The van der Waals surface area contributed by atoms with Crippen LogP contribution in [0, 0.1) is 0 Å². The topological polar surface area (TPSA) is 63.4 Å². The Balaban J connectivity index is 2.13. The van der Waals surface area contributed by atoms with E-state index in [1.807, 2.05) is 0 Å². The maximum Gasteiger partial charge on any atom is 0.263 e. The van der Waals surface area contributed by atoms with Gasteiger partial charge in [-0.1, -0.05) is 12.1 Å². The van der Waals surface area contributed by atoms with Crippen molar-refractivity contribution in [1.29, 1.82) is 0 Å². The number of amides is 2. The van der Waals surface area contributed by atoms with E-state index >= 15 is 0 Å². The van der Waals surface area contributed by atoms with E-state index < -0.39 is 5.66 Å². The number of carbonyl (C=O) groups is 2. The number of carbonyl (C=O) groups excluding carboxylic acids is 2. The Hall–Kier alpha value is -1.68. The van der Waals surface area contributed by atoms with Gasteiger partial charge in [-0.2, -0.15) is 0 Å². The molecule has 0 spiro atoms. The maximum atomic E-state index is 11.9. The number of hydrogen-bond acceptors (Lipinski definition) is 3. The summed E-state index contributed by atoms with van der Waals surface area (Å²) in [6, 6.07) is 6.84. The third-order valence-corrected chi connectivity index (χ3v) is 3.00. The molecular formula is C11H10N2O2. The van der Waals surface area contributed by atoms with Gasteiger partial charge in [-0.05, 0) is 25.0 Å².